The molecule has 1 amide bonds. The zero-order valence-electron chi connectivity index (χ0n) is 20.6. The Hall–Kier alpha value is -2.82. The molecule has 35 heavy (non-hydrogen) atoms. The topological polar surface area (TPSA) is 58.1 Å². The van der Waals surface area contributed by atoms with Crippen molar-refractivity contribution in [2.45, 2.75) is 69.7 Å². The van der Waals surface area contributed by atoms with Crippen LogP contribution in [0.25, 0.3) is 11.0 Å². The second kappa shape index (κ2) is 7.59. The first-order valence-corrected chi connectivity index (χ1v) is 13.5. The Morgan fingerprint density at radius 2 is 1.63 bits per heavy atom. The molecule has 1 aliphatic heterocycles. The zero-order chi connectivity index (χ0) is 23.8. The maximum Gasteiger partial charge on any atom is 0.326 e. The fourth-order valence-corrected chi connectivity index (χ4v) is 8.86. The summed E-state index contributed by atoms with van der Waals surface area (Å²) in [5.74, 6) is 1.78. The minimum Gasteiger partial charge on any atom is -0.342 e. The highest BCUT2D eigenvalue weighted by Crippen LogP contribution is 2.66. The lowest BCUT2D eigenvalue weighted by Crippen LogP contribution is -2.60. The summed E-state index contributed by atoms with van der Waals surface area (Å²) in [5.41, 5.74) is 4.61. The van der Waals surface area contributed by atoms with Crippen LogP contribution in [0.3, 0.4) is 0 Å². The van der Waals surface area contributed by atoms with Gasteiger partial charge in [0.05, 0.1) is 16.4 Å². The molecule has 0 radical (unpaired) electrons. The molecule has 4 bridgehead atoms. The molecule has 1 aromatic heterocycles. The maximum absolute atomic E-state index is 14.2. The zero-order valence-corrected chi connectivity index (χ0v) is 20.6. The average Bonchev–Trinajstić information content (AvgIpc) is 3.19. The molecular formula is C30H35N3O2. The van der Waals surface area contributed by atoms with E-state index in [4.69, 9.17) is 0 Å². The van der Waals surface area contributed by atoms with E-state index in [1.807, 2.05) is 28.8 Å². The number of amides is 1. The van der Waals surface area contributed by atoms with Crippen LogP contribution in [0.2, 0.25) is 0 Å². The molecular weight excluding hydrogens is 434 g/mol. The third-order valence-electron chi connectivity index (χ3n) is 9.92. The number of H-pyrrole nitrogens is 1. The number of fused-ring (bicyclic) bond motifs is 1. The van der Waals surface area contributed by atoms with Gasteiger partial charge in [-0.25, -0.2) is 4.79 Å². The van der Waals surface area contributed by atoms with Crippen molar-refractivity contribution in [3.8, 4) is 0 Å². The summed E-state index contributed by atoms with van der Waals surface area (Å²) in [6, 6.07) is 17.3. The molecule has 5 nitrogen and oxygen atoms in total. The lowest BCUT2D eigenvalue weighted by atomic mass is 9.42. The number of para-hydroxylation sites is 2. The average molecular weight is 470 g/mol. The van der Waals surface area contributed by atoms with Crippen LogP contribution in [0.5, 0.6) is 0 Å². The summed E-state index contributed by atoms with van der Waals surface area (Å²) in [6.07, 6.45) is 8.71. The van der Waals surface area contributed by atoms with Gasteiger partial charge >= 0.3 is 5.69 Å². The van der Waals surface area contributed by atoms with E-state index >= 15 is 0 Å². The highest BCUT2D eigenvalue weighted by molar-refractivity contribution is 5.84. The molecule has 5 heteroatoms. The highest BCUT2D eigenvalue weighted by atomic mass is 16.2. The second-order valence-electron chi connectivity index (χ2n) is 12.2. The number of nitrogens with one attached hydrogen (secondary N) is 1. The first-order chi connectivity index (χ1) is 16.9. The normalized spacial score (nSPS) is 32.4. The predicted molar refractivity (Wildman–Crippen MR) is 137 cm³/mol. The van der Waals surface area contributed by atoms with E-state index < -0.39 is 0 Å². The third kappa shape index (κ3) is 3.26. The lowest BCUT2D eigenvalue weighted by Gasteiger charge is -2.62. The number of likely N-dealkylation sites (tertiary alicyclic amines) is 1. The molecule has 1 saturated heterocycles. The van der Waals surface area contributed by atoms with Crippen molar-refractivity contribution in [3.63, 3.8) is 0 Å². The maximum atomic E-state index is 14.2. The molecule has 3 aromatic rings. The third-order valence-corrected chi connectivity index (χ3v) is 9.92. The van der Waals surface area contributed by atoms with Crippen molar-refractivity contribution >= 4 is 16.9 Å². The Morgan fingerprint density at radius 3 is 2.34 bits per heavy atom. The number of carbonyl (C=O) groups excluding carboxylic acids is 1. The van der Waals surface area contributed by atoms with E-state index in [-0.39, 0.29) is 22.6 Å². The Labute approximate surface area is 206 Å². The summed E-state index contributed by atoms with van der Waals surface area (Å²) in [5, 5.41) is 0. The van der Waals surface area contributed by atoms with Crippen molar-refractivity contribution in [1.82, 2.24) is 14.5 Å². The predicted octanol–water partition coefficient (Wildman–Crippen LogP) is 5.34. The quantitative estimate of drug-likeness (QED) is 0.563. The van der Waals surface area contributed by atoms with Crippen molar-refractivity contribution in [2.24, 2.45) is 17.3 Å². The van der Waals surface area contributed by atoms with Gasteiger partial charge in [0.15, 0.2) is 0 Å². The van der Waals surface area contributed by atoms with Gasteiger partial charge in [0.1, 0.15) is 0 Å². The largest absolute Gasteiger partial charge is 0.342 e. The van der Waals surface area contributed by atoms with E-state index in [1.165, 1.54) is 30.4 Å². The summed E-state index contributed by atoms with van der Waals surface area (Å²) in [4.78, 5) is 32.1. The fourth-order valence-electron chi connectivity index (χ4n) is 8.86. The van der Waals surface area contributed by atoms with E-state index in [9.17, 15) is 9.59 Å². The monoisotopic (exact) mass is 469 g/mol. The van der Waals surface area contributed by atoms with E-state index in [0.717, 1.165) is 56.2 Å². The molecule has 5 fully saturated rings. The molecule has 182 valence electrons. The minimum atomic E-state index is -0.181. The Morgan fingerprint density at radius 1 is 0.943 bits per heavy atom. The Bertz CT molecular complexity index is 1330. The fraction of sp³-hybridized carbons (Fsp3) is 0.533. The molecule has 4 saturated carbocycles. The number of aromatic nitrogens is 2. The number of nitrogens with zero attached hydrogens (tertiary/aromatic N) is 2. The summed E-state index contributed by atoms with van der Waals surface area (Å²) < 4.78 is 1.92. The molecule has 2 heterocycles. The van der Waals surface area contributed by atoms with Gasteiger partial charge in [-0.05, 0) is 93.2 Å². The minimum absolute atomic E-state index is 0.0305. The first kappa shape index (κ1) is 21.5. The molecule has 2 unspecified atom stereocenters. The van der Waals surface area contributed by atoms with Crippen LogP contribution >= 0.6 is 0 Å². The van der Waals surface area contributed by atoms with Crippen LogP contribution < -0.4 is 5.69 Å². The van der Waals surface area contributed by atoms with Crippen molar-refractivity contribution in [2.75, 3.05) is 13.1 Å². The van der Waals surface area contributed by atoms with Gasteiger partial charge in [-0.2, -0.15) is 0 Å². The number of aryl methyl sites for hydroxylation is 1. The van der Waals surface area contributed by atoms with Crippen molar-refractivity contribution in [3.05, 3.63) is 70.1 Å². The van der Waals surface area contributed by atoms with Gasteiger partial charge in [-0.3, -0.25) is 9.36 Å². The van der Waals surface area contributed by atoms with Gasteiger partial charge in [-0.1, -0.05) is 42.0 Å². The van der Waals surface area contributed by atoms with Crippen molar-refractivity contribution in [1.29, 1.82) is 0 Å². The van der Waals surface area contributed by atoms with Gasteiger partial charge in [0, 0.05) is 19.1 Å². The van der Waals surface area contributed by atoms with Gasteiger partial charge in [0.2, 0.25) is 5.91 Å². The summed E-state index contributed by atoms with van der Waals surface area (Å²) in [7, 11) is 0. The summed E-state index contributed by atoms with van der Waals surface area (Å²) >= 11 is 0. The van der Waals surface area contributed by atoms with Crippen LogP contribution in [-0.4, -0.2) is 33.4 Å². The van der Waals surface area contributed by atoms with Gasteiger partial charge < -0.3 is 9.88 Å². The molecule has 2 atom stereocenters. The van der Waals surface area contributed by atoms with Gasteiger partial charge in [-0.15, -0.1) is 0 Å². The molecule has 2 aromatic carbocycles. The SMILES string of the molecule is Cc1ccc(C23CC4CC(CC(C(=O)N5CCC(n6c(=O)[nH]c7ccccc76)CC5)(C4)C2)C3)cc1. The number of hydrogen-bond donors (Lipinski definition) is 1. The first-order valence-electron chi connectivity index (χ1n) is 13.5. The number of piperidine rings is 1. The molecule has 0 spiro atoms. The number of aromatic amines is 1. The number of hydrogen-bond acceptors (Lipinski definition) is 2. The lowest BCUT2D eigenvalue weighted by molar-refractivity contribution is -0.161. The van der Waals surface area contributed by atoms with Crippen LogP contribution in [0.15, 0.2) is 53.3 Å². The van der Waals surface area contributed by atoms with E-state index in [0.29, 0.717) is 17.7 Å². The highest BCUT2D eigenvalue weighted by Gasteiger charge is 2.61. The standard InChI is InChI=1S/C30H35N3O2/c1-20-6-8-23(9-7-20)29-15-21-14-22(16-29)18-30(17-21,19-29)27(34)32-12-10-24(11-13-32)33-26-5-3-2-4-25(26)31-28(33)35/h2-9,21-22,24H,10-19H2,1H3,(H,31,35). The molecule has 4 aliphatic carbocycles. The molecule has 5 aliphatic rings. The smallest absolute Gasteiger partial charge is 0.326 e. The van der Waals surface area contributed by atoms with Gasteiger partial charge in [0.25, 0.3) is 0 Å². The van der Waals surface area contributed by atoms with Crippen LogP contribution in [0.1, 0.15) is 68.5 Å². The molecule has 1 N–H and O–H groups in total. The van der Waals surface area contributed by atoms with Crippen LogP contribution in [0, 0.1) is 24.2 Å². The Kier molecular flexibility index (Phi) is 4.65. The molecule has 8 rings (SSSR count). The number of rotatable bonds is 3. The van der Waals surface area contributed by atoms with E-state index in [1.54, 1.807) is 0 Å². The Balaban J connectivity index is 1.13. The van der Waals surface area contributed by atoms with Crippen molar-refractivity contribution < 1.29 is 4.79 Å². The number of imidazole rings is 1. The second-order valence-corrected chi connectivity index (χ2v) is 12.2. The van der Waals surface area contributed by atoms with E-state index in [2.05, 4.69) is 41.1 Å². The number of carbonyl (C=O) groups is 1. The van der Waals surface area contributed by atoms with Crippen LogP contribution in [0.4, 0.5) is 0 Å². The summed E-state index contributed by atoms with van der Waals surface area (Å²) in [6.45, 7) is 3.66. The number of benzene rings is 2. The van der Waals surface area contributed by atoms with Crippen LogP contribution in [-0.2, 0) is 10.2 Å².